The van der Waals surface area contributed by atoms with Gasteiger partial charge in [0.15, 0.2) is 5.82 Å². The van der Waals surface area contributed by atoms with Gasteiger partial charge in [0, 0.05) is 18.8 Å². The van der Waals surface area contributed by atoms with Crippen LogP contribution in [0.2, 0.25) is 0 Å². The van der Waals surface area contributed by atoms with Crippen LogP contribution in [0.1, 0.15) is 24.5 Å². The Morgan fingerprint density at radius 1 is 1.09 bits per heavy atom. The summed E-state index contributed by atoms with van der Waals surface area (Å²) in [7, 11) is 0. The van der Waals surface area contributed by atoms with Crippen LogP contribution in [0, 0.1) is 5.92 Å². The number of ether oxygens (including phenoxy) is 1. The maximum Gasteiger partial charge on any atom is 0.245 e. The number of aromatic nitrogens is 2. The van der Waals surface area contributed by atoms with Crippen molar-refractivity contribution in [3.8, 4) is 11.5 Å². The highest BCUT2D eigenvalue weighted by molar-refractivity contribution is 6.12. The predicted octanol–water partition coefficient (Wildman–Crippen LogP) is 4.04. The molecule has 3 heterocycles. The van der Waals surface area contributed by atoms with Crippen molar-refractivity contribution in [1.82, 2.24) is 14.9 Å². The first kappa shape index (κ1) is 21.6. The second kappa shape index (κ2) is 8.97. The van der Waals surface area contributed by atoms with E-state index in [1.54, 1.807) is 9.80 Å². The molecule has 34 heavy (non-hydrogen) atoms. The Kier molecular flexibility index (Phi) is 5.71. The van der Waals surface area contributed by atoms with E-state index in [4.69, 9.17) is 10.5 Å². The molecule has 1 unspecified atom stereocenters. The first-order valence-corrected chi connectivity index (χ1v) is 11.3. The Morgan fingerprint density at radius 3 is 2.56 bits per heavy atom. The zero-order valence-corrected chi connectivity index (χ0v) is 18.6. The highest BCUT2D eigenvalue weighted by Crippen LogP contribution is 2.48. The minimum Gasteiger partial charge on any atom is -0.457 e. The number of hydrogen-bond donors (Lipinski definition) is 1. The third kappa shape index (κ3) is 3.87. The SMILES string of the molecule is C=CC(=O)N1CCC[C@H](C2C(=O)N(c3ccc(Oc4ccccc4)cc3)c3c(N)ncnc32)C1. The molecule has 2 aromatic carbocycles. The molecule has 1 aromatic heterocycles. The number of benzene rings is 2. The average Bonchev–Trinajstić information content (AvgIpc) is 3.17. The number of para-hydroxylation sites is 1. The molecule has 3 aromatic rings. The van der Waals surface area contributed by atoms with E-state index < -0.39 is 5.92 Å². The molecule has 8 nitrogen and oxygen atoms in total. The summed E-state index contributed by atoms with van der Waals surface area (Å²) in [5.74, 6) is 0.832. The van der Waals surface area contributed by atoms with E-state index in [-0.39, 0.29) is 23.6 Å². The minimum absolute atomic E-state index is 0.0658. The van der Waals surface area contributed by atoms with Gasteiger partial charge in [-0.1, -0.05) is 24.8 Å². The summed E-state index contributed by atoms with van der Waals surface area (Å²) in [4.78, 5) is 37.9. The maximum atomic E-state index is 13.8. The molecule has 0 spiro atoms. The van der Waals surface area contributed by atoms with Gasteiger partial charge in [-0.2, -0.15) is 0 Å². The van der Waals surface area contributed by atoms with Crippen molar-refractivity contribution in [2.75, 3.05) is 23.7 Å². The van der Waals surface area contributed by atoms with Crippen LogP contribution < -0.4 is 15.4 Å². The number of nitrogens with two attached hydrogens (primary N) is 1. The number of carbonyl (C=O) groups excluding carboxylic acids is 2. The molecule has 0 bridgehead atoms. The van der Waals surface area contributed by atoms with Gasteiger partial charge in [-0.15, -0.1) is 0 Å². The largest absolute Gasteiger partial charge is 0.457 e. The van der Waals surface area contributed by atoms with E-state index in [1.807, 2.05) is 54.6 Å². The number of anilines is 3. The normalized spacial score (nSPS) is 19.6. The second-order valence-corrected chi connectivity index (χ2v) is 8.44. The van der Waals surface area contributed by atoms with Crippen LogP contribution in [0.25, 0.3) is 0 Å². The van der Waals surface area contributed by atoms with Crippen molar-refractivity contribution in [3.05, 3.63) is 79.3 Å². The number of fused-ring (bicyclic) bond motifs is 1. The molecular weight excluding hydrogens is 430 g/mol. The molecule has 0 radical (unpaired) electrons. The summed E-state index contributed by atoms with van der Waals surface area (Å²) < 4.78 is 5.88. The van der Waals surface area contributed by atoms with E-state index in [0.29, 0.717) is 35.9 Å². The fourth-order valence-corrected chi connectivity index (χ4v) is 4.81. The van der Waals surface area contributed by atoms with Crippen LogP contribution >= 0.6 is 0 Å². The number of rotatable bonds is 5. The summed E-state index contributed by atoms with van der Waals surface area (Å²) in [5.41, 5.74) is 8.02. The fraction of sp³-hybridized carbons (Fsp3) is 0.231. The van der Waals surface area contributed by atoms with Crippen LogP contribution in [0.4, 0.5) is 17.2 Å². The minimum atomic E-state index is -0.499. The Morgan fingerprint density at radius 2 is 1.82 bits per heavy atom. The predicted molar refractivity (Wildman–Crippen MR) is 129 cm³/mol. The van der Waals surface area contributed by atoms with Crippen molar-refractivity contribution >= 4 is 29.0 Å². The van der Waals surface area contributed by atoms with Gasteiger partial charge in [0.25, 0.3) is 0 Å². The van der Waals surface area contributed by atoms with Crippen molar-refractivity contribution < 1.29 is 14.3 Å². The summed E-state index contributed by atoms with van der Waals surface area (Å²) in [6, 6.07) is 16.8. The van der Waals surface area contributed by atoms with E-state index in [0.717, 1.165) is 18.6 Å². The number of piperidine rings is 1. The molecule has 1 saturated heterocycles. The van der Waals surface area contributed by atoms with E-state index in [1.165, 1.54) is 12.4 Å². The zero-order valence-electron chi connectivity index (χ0n) is 18.6. The van der Waals surface area contributed by atoms with Gasteiger partial charge in [-0.05, 0) is 61.2 Å². The number of hydrogen-bond acceptors (Lipinski definition) is 6. The Balaban J connectivity index is 1.45. The van der Waals surface area contributed by atoms with Gasteiger partial charge < -0.3 is 15.4 Å². The van der Waals surface area contributed by atoms with Crippen LogP contribution in [0.5, 0.6) is 11.5 Å². The molecule has 2 atom stereocenters. The quantitative estimate of drug-likeness (QED) is 0.583. The molecule has 0 aliphatic carbocycles. The molecule has 0 saturated carbocycles. The smallest absolute Gasteiger partial charge is 0.245 e. The first-order chi connectivity index (χ1) is 16.6. The third-order valence-electron chi connectivity index (χ3n) is 6.37. The molecule has 2 amide bonds. The lowest BCUT2D eigenvalue weighted by molar-refractivity contribution is -0.129. The highest BCUT2D eigenvalue weighted by Gasteiger charge is 2.46. The molecule has 2 N–H and O–H groups in total. The van der Waals surface area contributed by atoms with Crippen LogP contribution in [0.3, 0.4) is 0 Å². The molecule has 2 aliphatic rings. The van der Waals surface area contributed by atoms with Gasteiger partial charge >= 0.3 is 0 Å². The van der Waals surface area contributed by atoms with Gasteiger partial charge in [0.2, 0.25) is 11.8 Å². The van der Waals surface area contributed by atoms with Crippen LogP contribution in [0.15, 0.2) is 73.6 Å². The Bertz CT molecular complexity index is 1230. The molecule has 5 rings (SSSR count). The highest BCUT2D eigenvalue weighted by atomic mass is 16.5. The summed E-state index contributed by atoms with van der Waals surface area (Å²) in [6.07, 6.45) is 4.34. The molecule has 1 fully saturated rings. The van der Waals surface area contributed by atoms with Gasteiger partial charge in [0.05, 0.1) is 11.6 Å². The molecule has 2 aliphatic heterocycles. The van der Waals surface area contributed by atoms with Gasteiger partial charge in [-0.25, -0.2) is 9.97 Å². The van der Waals surface area contributed by atoms with E-state index >= 15 is 0 Å². The standard InChI is InChI=1S/C26H25N5O3/c1-2-21(32)30-14-6-7-17(15-30)22-23-24(25(27)29-16-28-23)31(26(22)33)18-10-12-20(13-11-18)34-19-8-4-3-5-9-19/h2-5,8-13,16-17,22H,1,6-7,14-15H2,(H2,27,28,29)/t17-,22?/m0/s1. The van der Waals surface area contributed by atoms with Crippen molar-refractivity contribution in [2.45, 2.75) is 18.8 Å². The lowest BCUT2D eigenvalue weighted by Gasteiger charge is -2.34. The van der Waals surface area contributed by atoms with Crippen LogP contribution in [-0.4, -0.2) is 39.8 Å². The van der Waals surface area contributed by atoms with Gasteiger partial charge in [0.1, 0.15) is 23.5 Å². The fourth-order valence-electron chi connectivity index (χ4n) is 4.81. The summed E-state index contributed by atoms with van der Waals surface area (Å²) >= 11 is 0. The van der Waals surface area contributed by atoms with Crippen molar-refractivity contribution in [1.29, 1.82) is 0 Å². The molecular formula is C26H25N5O3. The summed E-state index contributed by atoms with van der Waals surface area (Å²) in [5, 5.41) is 0. The summed E-state index contributed by atoms with van der Waals surface area (Å²) in [6.45, 7) is 4.73. The first-order valence-electron chi connectivity index (χ1n) is 11.3. The topological polar surface area (TPSA) is 102 Å². The maximum absolute atomic E-state index is 13.8. The number of likely N-dealkylation sites (tertiary alicyclic amines) is 1. The lowest BCUT2D eigenvalue weighted by atomic mass is 9.83. The third-order valence-corrected chi connectivity index (χ3v) is 6.37. The number of amides is 2. The number of carbonyl (C=O) groups is 2. The van der Waals surface area contributed by atoms with Gasteiger partial charge in [-0.3, -0.25) is 14.5 Å². The lowest BCUT2D eigenvalue weighted by Crippen LogP contribution is -2.42. The number of nitrogens with zero attached hydrogens (tertiary/aromatic N) is 4. The average molecular weight is 456 g/mol. The Labute approximate surface area is 197 Å². The van der Waals surface area contributed by atoms with Crippen LogP contribution in [-0.2, 0) is 9.59 Å². The zero-order chi connectivity index (χ0) is 23.7. The molecule has 8 heteroatoms. The Hall–Kier alpha value is -4.20. The van der Waals surface area contributed by atoms with Crippen molar-refractivity contribution in [3.63, 3.8) is 0 Å². The number of nitrogen functional groups attached to an aromatic ring is 1. The second-order valence-electron chi connectivity index (χ2n) is 8.44. The molecule has 172 valence electrons. The van der Waals surface area contributed by atoms with Crippen molar-refractivity contribution in [2.24, 2.45) is 5.92 Å². The van der Waals surface area contributed by atoms with E-state index in [9.17, 15) is 9.59 Å². The van der Waals surface area contributed by atoms with E-state index in [2.05, 4.69) is 16.5 Å². The monoisotopic (exact) mass is 455 g/mol.